The number of para-hydroxylation sites is 1. The van der Waals surface area contributed by atoms with Crippen LogP contribution in [0.1, 0.15) is 66.9 Å². The van der Waals surface area contributed by atoms with Crippen LogP contribution in [0.4, 0.5) is 0 Å². The number of hydrogen-bond acceptors (Lipinski definition) is 5. The molecule has 468 valence electrons. The molecule has 0 unspecified atom stereocenters. The van der Waals surface area contributed by atoms with E-state index in [2.05, 4.69) is 319 Å². The lowest BCUT2D eigenvalue weighted by Crippen LogP contribution is -1.80. The second-order valence-corrected chi connectivity index (χ2v) is 24.0. The zero-order valence-corrected chi connectivity index (χ0v) is 56.7. The summed E-state index contributed by atoms with van der Waals surface area (Å²) in [5.74, 6) is 0. The van der Waals surface area contributed by atoms with Gasteiger partial charge in [0.2, 0.25) is 0 Å². The molecule has 0 N–H and O–H groups in total. The van der Waals surface area contributed by atoms with E-state index in [1.54, 1.807) is 0 Å². The van der Waals surface area contributed by atoms with Crippen molar-refractivity contribution in [2.75, 3.05) is 0 Å². The third kappa shape index (κ3) is 22.4. The SMILES string of the molecule is Cc1cc(C)cc(C)c1.Cc1ccc(C)cc1.Cc1ccc2ccccc2c1.Cc1ccc2ccccc2n1.Cc1ccc2cccnc2c1.Cc1ccc2ccncc2c1.Cc1ccc2cnccc2c1.Cc1ccc2ncccc2c1.Cc1cccc2ccccc12. The Morgan fingerprint density at radius 2 is 0.596 bits per heavy atom. The fraction of sp³-hybridized carbons (Fsp3) is 0.135. The van der Waals surface area contributed by atoms with Gasteiger partial charge in [-0.1, -0.05) is 262 Å². The van der Waals surface area contributed by atoms with E-state index < -0.39 is 0 Å². The highest BCUT2D eigenvalue weighted by Gasteiger charge is 1.97. The summed E-state index contributed by atoms with van der Waals surface area (Å²) in [6.07, 6.45) is 11.1. The number of hydrogen-bond donors (Lipinski definition) is 0. The summed E-state index contributed by atoms with van der Waals surface area (Å²) in [4.78, 5) is 20.9. The second-order valence-electron chi connectivity index (χ2n) is 24.0. The largest absolute Gasteiger partial charge is 0.264 e. The molecule has 16 aromatic rings. The molecule has 16 rings (SSSR count). The van der Waals surface area contributed by atoms with Crippen molar-refractivity contribution >= 4 is 75.8 Å². The monoisotopic (exact) mass is 1230 g/mol. The number of nitrogens with zero attached hydrogens (tertiary/aromatic N) is 5. The summed E-state index contributed by atoms with van der Waals surface area (Å²) in [5, 5.41) is 13.9. The molecule has 0 aliphatic rings. The Morgan fingerprint density at radius 3 is 1.21 bits per heavy atom. The summed E-state index contributed by atoms with van der Waals surface area (Å²) in [7, 11) is 0. The fourth-order valence-corrected chi connectivity index (χ4v) is 10.5. The van der Waals surface area contributed by atoms with Crippen LogP contribution < -0.4 is 0 Å². The molecule has 0 bridgehead atoms. The second kappa shape index (κ2) is 35.6. The van der Waals surface area contributed by atoms with Crippen molar-refractivity contribution in [1.82, 2.24) is 24.9 Å². The Bertz CT molecular complexity index is 4320. The molecular weight excluding hydrogens is 1140 g/mol. The minimum Gasteiger partial charge on any atom is -0.264 e. The van der Waals surface area contributed by atoms with Crippen molar-refractivity contribution in [3.8, 4) is 0 Å². The smallest absolute Gasteiger partial charge is 0.0705 e. The molecule has 5 heteroatoms. The van der Waals surface area contributed by atoms with E-state index in [4.69, 9.17) is 0 Å². The van der Waals surface area contributed by atoms with Gasteiger partial charge in [0.05, 0.1) is 16.6 Å². The maximum absolute atomic E-state index is 4.38. The average molecular weight is 1230 g/mol. The molecule has 0 amide bonds. The van der Waals surface area contributed by atoms with Gasteiger partial charge in [0.15, 0.2) is 0 Å². The molecular formula is C89H87N5. The molecule has 11 aromatic carbocycles. The summed E-state index contributed by atoms with van der Waals surface area (Å²) in [6.45, 7) is 25.2. The number of pyridine rings is 5. The van der Waals surface area contributed by atoms with Gasteiger partial charge in [-0.3, -0.25) is 24.9 Å². The lowest BCUT2D eigenvalue weighted by atomic mass is 10.1. The van der Waals surface area contributed by atoms with Gasteiger partial charge < -0.3 is 0 Å². The number of fused-ring (bicyclic) bond motifs is 7. The van der Waals surface area contributed by atoms with E-state index in [1.165, 1.54) is 120 Å². The highest BCUT2D eigenvalue weighted by atomic mass is 14.7. The third-order valence-electron chi connectivity index (χ3n) is 15.3. The number of rotatable bonds is 0. The van der Waals surface area contributed by atoms with Crippen molar-refractivity contribution in [2.24, 2.45) is 0 Å². The van der Waals surface area contributed by atoms with Crippen molar-refractivity contribution < 1.29 is 0 Å². The zero-order valence-electron chi connectivity index (χ0n) is 56.7. The summed E-state index contributed by atoms with van der Waals surface area (Å²) in [5.41, 5.74) is 18.8. The molecule has 0 fully saturated rings. The zero-order chi connectivity index (χ0) is 66.6. The van der Waals surface area contributed by atoms with E-state index >= 15 is 0 Å². The van der Waals surface area contributed by atoms with Gasteiger partial charge in [0.1, 0.15) is 0 Å². The molecule has 0 radical (unpaired) electrons. The lowest BCUT2D eigenvalue weighted by molar-refractivity contribution is 1.26. The van der Waals surface area contributed by atoms with Crippen LogP contribution in [0.15, 0.2) is 310 Å². The van der Waals surface area contributed by atoms with Gasteiger partial charge in [-0.2, -0.15) is 0 Å². The Labute approximate surface area is 557 Å². The molecule has 0 aliphatic carbocycles. The molecule has 94 heavy (non-hydrogen) atoms. The predicted octanol–water partition coefficient (Wildman–Crippen LogP) is 23.9. The highest BCUT2D eigenvalue weighted by molar-refractivity contribution is 5.86. The summed E-state index contributed by atoms with van der Waals surface area (Å²) in [6, 6.07) is 94.5. The third-order valence-corrected chi connectivity index (χ3v) is 15.3. The molecule has 5 nitrogen and oxygen atoms in total. The fourth-order valence-electron chi connectivity index (χ4n) is 10.5. The molecule has 5 heterocycles. The normalized spacial score (nSPS) is 10.1. The van der Waals surface area contributed by atoms with Crippen LogP contribution in [0, 0.1) is 83.1 Å². The number of benzene rings is 11. The topological polar surface area (TPSA) is 64.5 Å². The number of aryl methyl sites for hydroxylation is 12. The van der Waals surface area contributed by atoms with Crippen molar-refractivity contribution in [1.29, 1.82) is 0 Å². The molecule has 0 saturated heterocycles. The van der Waals surface area contributed by atoms with Crippen LogP contribution in [-0.2, 0) is 0 Å². The predicted molar refractivity (Wildman–Crippen MR) is 406 cm³/mol. The van der Waals surface area contributed by atoms with E-state index in [-0.39, 0.29) is 0 Å². The maximum Gasteiger partial charge on any atom is 0.0705 e. The van der Waals surface area contributed by atoms with Crippen LogP contribution in [0.25, 0.3) is 75.8 Å². The summed E-state index contributed by atoms with van der Waals surface area (Å²) < 4.78 is 0. The van der Waals surface area contributed by atoms with Crippen LogP contribution in [-0.4, -0.2) is 24.9 Å². The van der Waals surface area contributed by atoms with Gasteiger partial charge in [-0.15, -0.1) is 0 Å². The van der Waals surface area contributed by atoms with Gasteiger partial charge >= 0.3 is 0 Å². The first kappa shape index (κ1) is 68.9. The maximum atomic E-state index is 4.38. The lowest BCUT2D eigenvalue weighted by Gasteiger charge is -1.98. The van der Waals surface area contributed by atoms with E-state index in [0.29, 0.717) is 0 Å². The minimum absolute atomic E-state index is 1.07. The van der Waals surface area contributed by atoms with Crippen LogP contribution >= 0.6 is 0 Å². The van der Waals surface area contributed by atoms with E-state index in [1.807, 2.05) is 98.7 Å². The van der Waals surface area contributed by atoms with Gasteiger partial charge in [0, 0.05) is 69.8 Å². The molecule has 0 saturated carbocycles. The van der Waals surface area contributed by atoms with Crippen molar-refractivity contribution in [3.63, 3.8) is 0 Å². The molecule has 0 aliphatic heterocycles. The molecule has 0 spiro atoms. The molecule has 5 aromatic heterocycles. The minimum atomic E-state index is 1.07. The van der Waals surface area contributed by atoms with Crippen LogP contribution in [0.3, 0.4) is 0 Å². The Balaban J connectivity index is 0.000000136. The Hall–Kier alpha value is -11.0. The van der Waals surface area contributed by atoms with Gasteiger partial charge in [0.25, 0.3) is 0 Å². The van der Waals surface area contributed by atoms with Crippen LogP contribution in [0.5, 0.6) is 0 Å². The van der Waals surface area contributed by atoms with Crippen LogP contribution in [0.2, 0.25) is 0 Å². The summed E-state index contributed by atoms with van der Waals surface area (Å²) >= 11 is 0. The average Bonchev–Trinajstić information content (AvgIpc) is 1.43. The van der Waals surface area contributed by atoms with Gasteiger partial charge in [-0.25, -0.2) is 0 Å². The van der Waals surface area contributed by atoms with E-state index in [0.717, 1.165) is 22.2 Å². The first-order valence-electron chi connectivity index (χ1n) is 32.1. The Morgan fingerprint density at radius 1 is 0.202 bits per heavy atom. The van der Waals surface area contributed by atoms with Crippen molar-refractivity contribution in [3.05, 3.63) is 377 Å². The quantitative estimate of drug-likeness (QED) is 0.151. The first-order valence-corrected chi connectivity index (χ1v) is 32.1. The van der Waals surface area contributed by atoms with E-state index in [9.17, 15) is 0 Å². The standard InChI is InChI=1S/2C11H10.5C10H9N.C9H12.C8H10/c1-9-5-4-7-10-6-2-3-8-11(9)10;1-9-6-7-10-4-2-3-5-11(10)8-9;1-8-2-3-10-7-11-5-4-9(10)6-8;1-8-2-3-9-4-5-11-7-10(9)6-8;1-8-4-5-10-9(7-8)3-2-6-11-10;1-8-4-5-9-3-2-6-11-10(9)7-8;1-8-6-7-9-4-2-3-5-10(9)11-8;1-7-4-8(2)6-9(3)5-7;1-7-3-5-8(2)6-4-7/h2*2-8H,1H3;5*2-7H,1H3;4-6H,1-3H3;3-6H,1-2H3. The first-order chi connectivity index (χ1) is 45.5. The number of aromatic nitrogens is 5. The van der Waals surface area contributed by atoms with Crippen molar-refractivity contribution in [2.45, 2.75) is 83.1 Å². The van der Waals surface area contributed by atoms with Gasteiger partial charge in [-0.05, 0) is 187 Å². The highest BCUT2D eigenvalue weighted by Crippen LogP contribution is 2.20. The molecule has 0 atom stereocenters. The Kier molecular flexibility index (Phi) is 26.1.